The van der Waals surface area contributed by atoms with Crippen LogP contribution >= 0.6 is 11.6 Å². The number of benzene rings is 1. The predicted molar refractivity (Wildman–Crippen MR) is 72.8 cm³/mol. The first-order valence-electron chi connectivity index (χ1n) is 5.79. The number of nitrogens with zero attached hydrogens (tertiary/aromatic N) is 1. The molecule has 1 rings (SSSR count). The first kappa shape index (κ1) is 18.3. The highest BCUT2D eigenvalue weighted by Gasteiger charge is 2.16. The molecular weight excluding hydrogens is 287 g/mol. The van der Waals surface area contributed by atoms with Gasteiger partial charge in [0.05, 0.1) is 16.7 Å². The summed E-state index contributed by atoms with van der Waals surface area (Å²) in [6, 6.07) is 3.39. The molecule has 5 nitrogen and oxygen atoms in total. The fourth-order valence-corrected chi connectivity index (χ4v) is 1.54. The second-order valence-electron chi connectivity index (χ2n) is 3.96. The standard InChI is InChI=1S/C9H7ClFN.C4H9NO3/c1-2-7-8(11)4-3-6(5-12)9(7)10;1-2(6)3(5)4(7)8/h3-4H,2H2,1H3;2-3,6H,5H2,1H3,(H,7,8)/t;2-,3+/m.0/s1. The molecule has 0 fully saturated rings. The van der Waals surface area contributed by atoms with Crippen LogP contribution in [0.1, 0.15) is 25.0 Å². The summed E-state index contributed by atoms with van der Waals surface area (Å²) in [7, 11) is 0. The maximum absolute atomic E-state index is 13.0. The van der Waals surface area contributed by atoms with Gasteiger partial charge in [-0.2, -0.15) is 5.26 Å². The number of carboxylic acid groups (broad SMARTS) is 1. The highest BCUT2D eigenvalue weighted by Crippen LogP contribution is 2.23. The molecule has 2 atom stereocenters. The maximum atomic E-state index is 13.0. The third kappa shape index (κ3) is 5.13. The summed E-state index contributed by atoms with van der Waals surface area (Å²) in [6.07, 6.45) is -0.479. The van der Waals surface area contributed by atoms with Crippen LogP contribution < -0.4 is 5.73 Å². The van der Waals surface area contributed by atoms with Crippen molar-refractivity contribution in [2.45, 2.75) is 32.4 Å². The van der Waals surface area contributed by atoms with E-state index in [1.165, 1.54) is 19.1 Å². The molecule has 0 amide bonds. The molecule has 1 aromatic carbocycles. The van der Waals surface area contributed by atoms with Crippen molar-refractivity contribution in [3.8, 4) is 6.07 Å². The normalized spacial score (nSPS) is 12.7. The third-order valence-corrected chi connectivity index (χ3v) is 2.90. The van der Waals surface area contributed by atoms with E-state index in [1.807, 2.05) is 6.07 Å². The molecular formula is C13H16ClFN2O3. The van der Waals surface area contributed by atoms with E-state index in [1.54, 1.807) is 6.92 Å². The molecule has 0 aliphatic rings. The lowest BCUT2D eigenvalue weighted by Gasteiger charge is -2.06. The van der Waals surface area contributed by atoms with Gasteiger partial charge in [-0.1, -0.05) is 18.5 Å². The van der Waals surface area contributed by atoms with Crippen LogP contribution in [0.2, 0.25) is 5.02 Å². The minimum atomic E-state index is -1.18. The molecule has 0 unspecified atom stereocenters. The van der Waals surface area contributed by atoms with Gasteiger partial charge in [0.1, 0.15) is 17.9 Å². The second kappa shape index (κ2) is 8.48. The average molecular weight is 303 g/mol. The average Bonchev–Trinajstić information content (AvgIpc) is 2.39. The highest BCUT2D eigenvalue weighted by molar-refractivity contribution is 6.32. The maximum Gasteiger partial charge on any atom is 0.323 e. The highest BCUT2D eigenvalue weighted by atomic mass is 35.5. The number of rotatable bonds is 3. The summed E-state index contributed by atoms with van der Waals surface area (Å²) < 4.78 is 13.0. The molecule has 20 heavy (non-hydrogen) atoms. The lowest BCUT2D eigenvalue weighted by Crippen LogP contribution is -2.39. The van der Waals surface area contributed by atoms with Crippen LogP contribution in [0.3, 0.4) is 0 Å². The minimum Gasteiger partial charge on any atom is -0.480 e. The summed E-state index contributed by atoms with van der Waals surface area (Å²) in [5.74, 6) is -1.53. The lowest BCUT2D eigenvalue weighted by atomic mass is 10.1. The summed E-state index contributed by atoms with van der Waals surface area (Å²) in [4.78, 5) is 9.86. The Labute approximate surface area is 121 Å². The Morgan fingerprint density at radius 2 is 2.15 bits per heavy atom. The van der Waals surface area contributed by atoms with E-state index in [2.05, 4.69) is 0 Å². The number of hydrogen-bond donors (Lipinski definition) is 3. The van der Waals surface area contributed by atoms with E-state index >= 15 is 0 Å². The number of aliphatic carboxylic acids is 1. The van der Waals surface area contributed by atoms with Crippen LogP contribution in [0, 0.1) is 17.1 Å². The van der Waals surface area contributed by atoms with Gasteiger partial charge in [0.2, 0.25) is 0 Å². The summed E-state index contributed by atoms with van der Waals surface area (Å²) in [5.41, 5.74) is 5.65. The van der Waals surface area contributed by atoms with Gasteiger partial charge >= 0.3 is 5.97 Å². The number of aliphatic hydroxyl groups is 1. The number of halogens is 2. The van der Waals surface area contributed by atoms with Gasteiger partial charge in [-0.15, -0.1) is 0 Å². The smallest absolute Gasteiger partial charge is 0.323 e. The van der Waals surface area contributed by atoms with Gasteiger partial charge in [0, 0.05) is 5.56 Å². The van der Waals surface area contributed by atoms with Crippen molar-refractivity contribution in [3.63, 3.8) is 0 Å². The number of carbonyl (C=O) groups is 1. The van der Waals surface area contributed by atoms with Gasteiger partial charge in [-0.25, -0.2) is 4.39 Å². The van der Waals surface area contributed by atoms with Crippen molar-refractivity contribution >= 4 is 17.6 Å². The Hall–Kier alpha value is -1.68. The van der Waals surface area contributed by atoms with Gasteiger partial charge < -0.3 is 15.9 Å². The zero-order chi connectivity index (χ0) is 15.9. The lowest BCUT2D eigenvalue weighted by molar-refractivity contribution is -0.140. The van der Waals surface area contributed by atoms with Crippen LogP contribution in [0.25, 0.3) is 0 Å². The van der Waals surface area contributed by atoms with Crippen molar-refractivity contribution < 1.29 is 19.4 Å². The number of aliphatic hydroxyl groups excluding tert-OH is 1. The molecule has 7 heteroatoms. The summed E-state index contributed by atoms with van der Waals surface area (Å²) in [5, 5.41) is 25.4. The molecule has 0 aliphatic heterocycles. The minimum absolute atomic E-state index is 0.236. The quantitative estimate of drug-likeness (QED) is 0.787. The van der Waals surface area contributed by atoms with E-state index in [4.69, 9.17) is 32.8 Å². The Bertz CT molecular complexity index is 515. The number of nitriles is 1. The zero-order valence-corrected chi connectivity index (χ0v) is 11.9. The van der Waals surface area contributed by atoms with Crippen LogP contribution in [0.4, 0.5) is 4.39 Å². The molecule has 4 N–H and O–H groups in total. The number of nitrogens with two attached hydrogens (primary N) is 1. The Morgan fingerprint density at radius 1 is 1.60 bits per heavy atom. The third-order valence-electron chi connectivity index (χ3n) is 2.46. The van der Waals surface area contributed by atoms with E-state index in [9.17, 15) is 9.18 Å². The van der Waals surface area contributed by atoms with Crippen molar-refractivity contribution in [2.75, 3.05) is 0 Å². The Balaban J connectivity index is 0.000000396. The van der Waals surface area contributed by atoms with Crippen molar-refractivity contribution in [2.24, 2.45) is 5.73 Å². The summed E-state index contributed by atoms with van der Waals surface area (Å²) >= 11 is 5.75. The summed E-state index contributed by atoms with van der Waals surface area (Å²) in [6.45, 7) is 3.13. The first-order chi connectivity index (χ1) is 9.26. The predicted octanol–water partition coefficient (Wildman–Crippen LogP) is 1.69. The SMILES string of the molecule is CCc1c(F)ccc(C#N)c1Cl.C[C@H](O)[C@@H](N)C(=O)O. The van der Waals surface area contributed by atoms with Crippen LogP contribution in [0.5, 0.6) is 0 Å². The molecule has 0 radical (unpaired) electrons. The van der Waals surface area contributed by atoms with E-state index in [0.29, 0.717) is 17.5 Å². The van der Waals surface area contributed by atoms with E-state index in [-0.39, 0.29) is 10.8 Å². The Morgan fingerprint density at radius 3 is 2.45 bits per heavy atom. The van der Waals surface area contributed by atoms with Crippen molar-refractivity contribution in [1.29, 1.82) is 5.26 Å². The van der Waals surface area contributed by atoms with Crippen molar-refractivity contribution in [3.05, 3.63) is 34.1 Å². The molecule has 110 valence electrons. The molecule has 1 aromatic rings. The van der Waals surface area contributed by atoms with E-state index in [0.717, 1.165) is 0 Å². The van der Waals surface area contributed by atoms with Gasteiger partial charge in [-0.3, -0.25) is 4.79 Å². The zero-order valence-electron chi connectivity index (χ0n) is 11.1. The molecule has 0 spiro atoms. The first-order valence-corrected chi connectivity index (χ1v) is 6.17. The molecule has 0 saturated heterocycles. The topological polar surface area (TPSA) is 107 Å². The molecule has 0 heterocycles. The fourth-order valence-electron chi connectivity index (χ4n) is 1.21. The largest absolute Gasteiger partial charge is 0.480 e. The number of hydrogen-bond acceptors (Lipinski definition) is 4. The molecule has 0 aliphatic carbocycles. The molecule has 0 bridgehead atoms. The van der Waals surface area contributed by atoms with Crippen LogP contribution in [-0.2, 0) is 11.2 Å². The van der Waals surface area contributed by atoms with Crippen LogP contribution in [0.15, 0.2) is 12.1 Å². The van der Waals surface area contributed by atoms with Gasteiger partial charge in [0.15, 0.2) is 0 Å². The monoisotopic (exact) mass is 302 g/mol. The van der Waals surface area contributed by atoms with Crippen molar-refractivity contribution in [1.82, 2.24) is 0 Å². The number of carboxylic acids is 1. The molecule has 0 aromatic heterocycles. The van der Waals surface area contributed by atoms with Gasteiger partial charge in [-0.05, 0) is 25.5 Å². The van der Waals surface area contributed by atoms with E-state index < -0.39 is 18.1 Å². The second-order valence-corrected chi connectivity index (χ2v) is 4.34. The van der Waals surface area contributed by atoms with Gasteiger partial charge in [0.25, 0.3) is 0 Å². The fraction of sp³-hybridized carbons (Fsp3) is 0.385. The van der Waals surface area contributed by atoms with Crippen LogP contribution in [-0.4, -0.2) is 28.3 Å². The Kier molecular flexibility index (Phi) is 7.77. The molecule has 0 saturated carbocycles.